The Morgan fingerprint density at radius 1 is 0.704 bits per heavy atom. The predicted octanol–water partition coefficient (Wildman–Crippen LogP) is 2.89. The first kappa shape index (κ1) is 17.0. The monoisotopic (exact) mass is 370 g/mol. The number of hydrogen-bond acceptors (Lipinski definition) is 6. The third-order valence-corrected chi connectivity index (χ3v) is 4.12. The van der Waals surface area contributed by atoms with Crippen molar-refractivity contribution in [3.05, 3.63) is 36.4 Å². The Labute approximate surface area is 155 Å². The van der Waals surface area contributed by atoms with E-state index in [1.807, 2.05) is 0 Å². The van der Waals surface area contributed by atoms with Crippen molar-refractivity contribution in [2.75, 3.05) is 24.2 Å². The molecule has 0 unspecified atom stereocenters. The van der Waals surface area contributed by atoms with Crippen molar-refractivity contribution < 1.29 is 28.5 Å². The molecule has 0 bridgehead atoms. The number of anilines is 2. The second kappa shape index (κ2) is 7.45. The molecule has 2 amide bonds. The standard InChI is InChI=1S/C19H18N2O6/c22-18(20-12-4-6-14-16(8-12)26-10-24-14)2-1-3-19(23)21-13-5-7-15-17(9-13)27-11-25-15/h4-9H,1-3,10-11H2,(H,20,22)(H,21,23). The fourth-order valence-electron chi connectivity index (χ4n) is 2.81. The summed E-state index contributed by atoms with van der Waals surface area (Å²) in [7, 11) is 0. The lowest BCUT2D eigenvalue weighted by Gasteiger charge is -2.07. The van der Waals surface area contributed by atoms with Crippen LogP contribution in [0.2, 0.25) is 0 Å². The van der Waals surface area contributed by atoms with Gasteiger partial charge < -0.3 is 29.6 Å². The van der Waals surface area contributed by atoms with Crippen molar-refractivity contribution in [3.63, 3.8) is 0 Å². The van der Waals surface area contributed by atoms with E-state index in [2.05, 4.69) is 10.6 Å². The molecule has 0 spiro atoms. The Balaban J connectivity index is 1.21. The van der Waals surface area contributed by atoms with Crippen LogP contribution in [-0.4, -0.2) is 25.4 Å². The van der Waals surface area contributed by atoms with Crippen LogP contribution < -0.4 is 29.6 Å². The summed E-state index contributed by atoms with van der Waals surface area (Å²) in [6, 6.07) is 10.4. The number of rotatable bonds is 6. The zero-order valence-corrected chi connectivity index (χ0v) is 14.4. The largest absolute Gasteiger partial charge is 0.454 e. The quantitative estimate of drug-likeness (QED) is 0.812. The van der Waals surface area contributed by atoms with Gasteiger partial charge in [-0.1, -0.05) is 0 Å². The van der Waals surface area contributed by atoms with E-state index in [0.717, 1.165) is 0 Å². The molecule has 0 aliphatic carbocycles. The van der Waals surface area contributed by atoms with Crippen molar-refractivity contribution >= 4 is 23.2 Å². The minimum absolute atomic E-state index is 0.162. The zero-order valence-electron chi connectivity index (χ0n) is 14.4. The normalized spacial score (nSPS) is 13.3. The second-order valence-corrected chi connectivity index (χ2v) is 6.09. The molecule has 2 aromatic rings. The molecule has 8 nitrogen and oxygen atoms in total. The van der Waals surface area contributed by atoms with Gasteiger partial charge in [-0.3, -0.25) is 9.59 Å². The van der Waals surface area contributed by atoms with E-state index < -0.39 is 0 Å². The number of carbonyl (C=O) groups is 2. The summed E-state index contributed by atoms with van der Waals surface area (Å²) < 4.78 is 21.0. The van der Waals surface area contributed by atoms with E-state index in [1.165, 1.54) is 0 Å². The molecule has 0 saturated carbocycles. The van der Waals surface area contributed by atoms with Crippen molar-refractivity contribution in [3.8, 4) is 23.0 Å². The topological polar surface area (TPSA) is 95.1 Å². The van der Waals surface area contributed by atoms with Crippen molar-refractivity contribution in [1.29, 1.82) is 0 Å². The van der Waals surface area contributed by atoms with Gasteiger partial charge in [0.1, 0.15) is 0 Å². The maximum Gasteiger partial charge on any atom is 0.231 e. The van der Waals surface area contributed by atoms with Crippen molar-refractivity contribution in [2.45, 2.75) is 19.3 Å². The van der Waals surface area contributed by atoms with Gasteiger partial charge in [0, 0.05) is 36.3 Å². The lowest BCUT2D eigenvalue weighted by atomic mass is 10.2. The van der Waals surface area contributed by atoms with Crippen LogP contribution in [0.3, 0.4) is 0 Å². The molecule has 2 aromatic carbocycles. The highest BCUT2D eigenvalue weighted by Gasteiger charge is 2.15. The van der Waals surface area contributed by atoms with Gasteiger partial charge in [0.05, 0.1) is 0 Å². The fourth-order valence-corrected chi connectivity index (χ4v) is 2.81. The van der Waals surface area contributed by atoms with Gasteiger partial charge in [-0.15, -0.1) is 0 Å². The van der Waals surface area contributed by atoms with Gasteiger partial charge in [-0.25, -0.2) is 0 Å². The highest BCUT2D eigenvalue weighted by molar-refractivity contribution is 5.93. The van der Waals surface area contributed by atoms with Gasteiger partial charge >= 0.3 is 0 Å². The SMILES string of the molecule is O=C(CCCC(=O)Nc1ccc2c(c1)OCO2)Nc1ccc2c(c1)OCO2. The summed E-state index contributed by atoms with van der Waals surface area (Å²) in [5.41, 5.74) is 1.27. The first-order valence-corrected chi connectivity index (χ1v) is 8.56. The summed E-state index contributed by atoms with van der Waals surface area (Å²) >= 11 is 0. The number of hydrogen-bond donors (Lipinski definition) is 2. The number of ether oxygens (including phenoxy) is 4. The van der Waals surface area contributed by atoms with E-state index in [-0.39, 0.29) is 38.2 Å². The minimum Gasteiger partial charge on any atom is -0.454 e. The molecule has 0 aromatic heterocycles. The van der Waals surface area contributed by atoms with Crippen LogP contribution in [0, 0.1) is 0 Å². The van der Waals surface area contributed by atoms with Crippen LogP contribution in [0.5, 0.6) is 23.0 Å². The van der Waals surface area contributed by atoms with Gasteiger partial charge in [0.15, 0.2) is 23.0 Å². The average Bonchev–Trinajstić information content (AvgIpc) is 3.29. The number of nitrogens with one attached hydrogen (secondary N) is 2. The summed E-state index contributed by atoms with van der Waals surface area (Å²) in [6.07, 6.45) is 0.915. The molecule has 0 atom stereocenters. The smallest absolute Gasteiger partial charge is 0.231 e. The van der Waals surface area contributed by atoms with E-state index in [1.54, 1.807) is 36.4 Å². The molecule has 2 N–H and O–H groups in total. The summed E-state index contributed by atoms with van der Waals surface area (Å²) in [5.74, 6) is 2.21. The van der Waals surface area contributed by atoms with Crippen LogP contribution in [0.25, 0.3) is 0 Å². The van der Waals surface area contributed by atoms with Crippen molar-refractivity contribution in [2.24, 2.45) is 0 Å². The predicted molar refractivity (Wildman–Crippen MR) is 96.2 cm³/mol. The molecule has 2 heterocycles. The van der Waals surface area contributed by atoms with Crippen LogP contribution >= 0.6 is 0 Å². The number of benzene rings is 2. The van der Waals surface area contributed by atoms with E-state index >= 15 is 0 Å². The van der Waals surface area contributed by atoms with Crippen LogP contribution in [0.1, 0.15) is 19.3 Å². The molecule has 4 rings (SSSR count). The van der Waals surface area contributed by atoms with E-state index in [0.29, 0.717) is 40.8 Å². The summed E-state index contributed by atoms with van der Waals surface area (Å²) in [4.78, 5) is 24.1. The Hall–Kier alpha value is -3.42. The molecule has 0 fully saturated rings. The van der Waals surface area contributed by atoms with Crippen LogP contribution in [0.4, 0.5) is 11.4 Å². The second-order valence-electron chi connectivity index (χ2n) is 6.09. The first-order valence-electron chi connectivity index (χ1n) is 8.56. The zero-order chi connectivity index (χ0) is 18.6. The Bertz CT molecular complexity index is 811. The molecule has 27 heavy (non-hydrogen) atoms. The highest BCUT2D eigenvalue weighted by atomic mass is 16.7. The minimum atomic E-state index is -0.162. The third-order valence-electron chi connectivity index (χ3n) is 4.12. The third kappa shape index (κ3) is 4.05. The highest BCUT2D eigenvalue weighted by Crippen LogP contribution is 2.35. The first-order chi connectivity index (χ1) is 13.2. The number of amides is 2. The Morgan fingerprint density at radius 2 is 1.15 bits per heavy atom. The van der Waals surface area contributed by atoms with Crippen LogP contribution in [0.15, 0.2) is 36.4 Å². The van der Waals surface area contributed by atoms with Gasteiger partial charge in [-0.2, -0.15) is 0 Å². The molecule has 140 valence electrons. The number of carbonyl (C=O) groups excluding carboxylic acids is 2. The van der Waals surface area contributed by atoms with Crippen LogP contribution in [-0.2, 0) is 9.59 Å². The van der Waals surface area contributed by atoms with Gasteiger partial charge in [0.2, 0.25) is 25.4 Å². The molecule has 2 aliphatic rings. The van der Waals surface area contributed by atoms with E-state index in [9.17, 15) is 9.59 Å². The Kier molecular flexibility index (Phi) is 4.69. The lowest BCUT2D eigenvalue weighted by Crippen LogP contribution is -2.14. The molecule has 0 saturated heterocycles. The van der Waals surface area contributed by atoms with Crippen molar-refractivity contribution in [1.82, 2.24) is 0 Å². The molecular formula is C19H18N2O6. The molecule has 2 aliphatic heterocycles. The number of fused-ring (bicyclic) bond motifs is 2. The maximum absolute atomic E-state index is 12.0. The summed E-state index contributed by atoms with van der Waals surface area (Å²) in [5, 5.41) is 5.57. The van der Waals surface area contributed by atoms with Gasteiger partial charge in [-0.05, 0) is 30.7 Å². The average molecular weight is 370 g/mol. The molecule has 8 heteroatoms. The molecular weight excluding hydrogens is 352 g/mol. The summed E-state index contributed by atoms with van der Waals surface area (Å²) in [6.45, 7) is 0.371. The van der Waals surface area contributed by atoms with E-state index in [4.69, 9.17) is 18.9 Å². The Morgan fingerprint density at radius 3 is 1.63 bits per heavy atom. The van der Waals surface area contributed by atoms with Gasteiger partial charge in [0.25, 0.3) is 0 Å². The lowest BCUT2D eigenvalue weighted by molar-refractivity contribution is -0.117. The maximum atomic E-state index is 12.0. The fraction of sp³-hybridized carbons (Fsp3) is 0.263. The molecule has 0 radical (unpaired) electrons.